The summed E-state index contributed by atoms with van der Waals surface area (Å²) >= 11 is 3.23. The fourth-order valence-electron chi connectivity index (χ4n) is 1.83. The van der Waals surface area contributed by atoms with E-state index in [0.29, 0.717) is 10.2 Å². The predicted molar refractivity (Wildman–Crippen MR) is 82.8 cm³/mol. The third-order valence-electron chi connectivity index (χ3n) is 2.81. The molecule has 3 nitrogen and oxygen atoms in total. The summed E-state index contributed by atoms with van der Waals surface area (Å²) in [6, 6.07) is 11.6. The van der Waals surface area contributed by atoms with E-state index in [9.17, 15) is 9.18 Å². The van der Waals surface area contributed by atoms with Crippen molar-refractivity contribution in [2.75, 3.05) is 24.3 Å². The molecule has 104 valence electrons. The molecule has 0 bridgehead atoms. The second-order valence-electron chi connectivity index (χ2n) is 4.49. The standard InChI is InChI=1S/C15H14BrFN2O/c1-19(2)14-6-4-3-5-13(14)18-15(20)11-9-10(16)7-8-12(11)17/h3-9H,1-2H3,(H,18,20). The fourth-order valence-corrected chi connectivity index (χ4v) is 2.19. The first kappa shape index (κ1) is 14.5. The summed E-state index contributed by atoms with van der Waals surface area (Å²) < 4.78 is 14.3. The van der Waals surface area contributed by atoms with Gasteiger partial charge in [-0.25, -0.2) is 4.39 Å². The maximum absolute atomic E-state index is 13.7. The summed E-state index contributed by atoms with van der Waals surface area (Å²) in [4.78, 5) is 14.1. The van der Waals surface area contributed by atoms with E-state index in [-0.39, 0.29) is 5.56 Å². The van der Waals surface area contributed by atoms with Crippen LogP contribution in [0.4, 0.5) is 15.8 Å². The van der Waals surface area contributed by atoms with Crippen molar-refractivity contribution in [1.82, 2.24) is 0 Å². The highest BCUT2D eigenvalue weighted by Gasteiger charge is 2.14. The predicted octanol–water partition coefficient (Wildman–Crippen LogP) is 3.91. The Labute approximate surface area is 125 Å². The van der Waals surface area contributed by atoms with Crippen LogP contribution >= 0.6 is 15.9 Å². The Bertz CT molecular complexity index is 644. The second kappa shape index (κ2) is 6.05. The van der Waals surface area contributed by atoms with Gasteiger partial charge in [0.05, 0.1) is 16.9 Å². The first-order valence-electron chi connectivity index (χ1n) is 6.02. The molecule has 1 N–H and O–H groups in total. The molecule has 0 saturated heterocycles. The van der Waals surface area contributed by atoms with Crippen LogP contribution < -0.4 is 10.2 Å². The number of carbonyl (C=O) groups is 1. The number of hydrogen-bond donors (Lipinski definition) is 1. The van der Waals surface area contributed by atoms with Crippen molar-refractivity contribution in [3.8, 4) is 0 Å². The quantitative estimate of drug-likeness (QED) is 0.921. The Kier molecular flexibility index (Phi) is 4.39. The molecule has 2 aromatic rings. The lowest BCUT2D eigenvalue weighted by Crippen LogP contribution is -2.17. The summed E-state index contributed by atoms with van der Waals surface area (Å²) in [5.41, 5.74) is 1.51. The van der Waals surface area contributed by atoms with Crippen LogP contribution in [0.15, 0.2) is 46.9 Å². The molecule has 20 heavy (non-hydrogen) atoms. The van der Waals surface area contributed by atoms with Gasteiger partial charge in [-0.15, -0.1) is 0 Å². The average molecular weight is 337 g/mol. The monoisotopic (exact) mass is 336 g/mol. The number of halogens is 2. The molecule has 0 fully saturated rings. The number of nitrogens with one attached hydrogen (secondary N) is 1. The highest BCUT2D eigenvalue weighted by Crippen LogP contribution is 2.25. The van der Waals surface area contributed by atoms with E-state index in [2.05, 4.69) is 21.2 Å². The number of carbonyl (C=O) groups excluding carboxylic acids is 1. The second-order valence-corrected chi connectivity index (χ2v) is 5.41. The Balaban J connectivity index is 2.31. The van der Waals surface area contributed by atoms with Crippen molar-refractivity contribution in [1.29, 1.82) is 0 Å². The van der Waals surface area contributed by atoms with E-state index in [1.54, 1.807) is 12.1 Å². The summed E-state index contributed by atoms with van der Waals surface area (Å²) in [7, 11) is 3.76. The molecule has 0 saturated carbocycles. The van der Waals surface area contributed by atoms with E-state index in [0.717, 1.165) is 5.69 Å². The molecule has 0 spiro atoms. The van der Waals surface area contributed by atoms with Gasteiger partial charge in [-0.3, -0.25) is 4.79 Å². The summed E-state index contributed by atoms with van der Waals surface area (Å²) in [5.74, 6) is -1.02. The van der Waals surface area contributed by atoms with Crippen molar-refractivity contribution in [2.45, 2.75) is 0 Å². The number of hydrogen-bond acceptors (Lipinski definition) is 2. The first-order valence-corrected chi connectivity index (χ1v) is 6.81. The fraction of sp³-hybridized carbons (Fsp3) is 0.133. The zero-order valence-corrected chi connectivity index (χ0v) is 12.7. The van der Waals surface area contributed by atoms with E-state index in [1.807, 2.05) is 37.2 Å². The van der Waals surface area contributed by atoms with Crippen LogP contribution in [0.2, 0.25) is 0 Å². The van der Waals surface area contributed by atoms with Crippen molar-refractivity contribution in [2.24, 2.45) is 0 Å². The SMILES string of the molecule is CN(C)c1ccccc1NC(=O)c1cc(Br)ccc1F. The highest BCUT2D eigenvalue weighted by atomic mass is 79.9. The number of para-hydroxylation sites is 2. The number of rotatable bonds is 3. The molecule has 0 unspecified atom stereocenters. The van der Waals surface area contributed by atoms with Crippen LogP contribution in [0.5, 0.6) is 0 Å². The smallest absolute Gasteiger partial charge is 0.258 e. The van der Waals surface area contributed by atoms with E-state index < -0.39 is 11.7 Å². The van der Waals surface area contributed by atoms with Crippen LogP contribution in [0.25, 0.3) is 0 Å². The van der Waals surface area contributed by atoms with Gasteiger partial charge in [-0.1, -0.05) is 28.1 Å². The van der Waals surface area contributed by atoms with Gasteiger partial charge in [-0.05, 0) is 30.3 Å². The zero-order valence-electron chi connectivity index (χ0n) is 11.2. The lowest BCUT2D eigenvalue weighted by Gasteiger charge is -2.17. The van der Waals surface area contributed by atoms with Crippen molar-refractivity contribution in [3.63, 3.8) is 0 Å². The van der Waals surface area contributed by atoms with Gasteiger partial charge < -0.3 is 10.2 Å². The molecule has 5 heteroatoms. The Hall–Kier alpha value is -1.88. The lowest BCUT2D eigenvalue weighted by atomic mass is 10.2. The van der Waals surface area contributed by atoms with Crippen LogP contribution in [0.1, 0.15) is 10.4 Å². The van der Waals surface area contributed by atoms with Crippen molar-refractivity contribution >= 4 is 33.2 Å². The van der Waals surface area contributed by atoms with E-state index in [1.165, 1.54) is 12.1 Å². The van der Waals surface area contributed by atoms with Gasteiger partial charge in [0.1, 0.15) is 5.82 Å². The molecule has 0 aliphatic heterocycles. The van der Waals surface area contributed by atoms with Crippen molar-refractivity contribution < 1.29 is 9.18 Å². The molecule has 0 aliphatic carbocycles. The van der Waals surface area contributed by atoms with Crippen LogP contribution in [0.3, 0.4) is 0 Å². The van der Waals surface area contributed by atoms with Crippen LogP contribution in [-0.4, -0.2) is 20.0 Å². The minimum atomic E-state index is -0.548. The number of benzene rings is 2. The number of anilines is 2. The van der Waals surface area contributed by atoms with Gasteiger partial charge in [0, 0.05) is 18.6 Å². The van der Waals surface area contributed by atoms with Crippen LogP contribution in [-0.2, 0) is 0 Å². The summed E-state index contributed by atoms with van der Waals surface area (Å²) in [5, 5.41) is 2.73. The first-order chi connectivity index (χ1) is 9.49. The van der Waals surface area contributed by atoms with Gasteiger partial charge in [0.2, 0.25) is 0 Å². The summed E-state index contributed by atoms with van der Waals surface area (Å²) in [6.45, 7) is 0. The third-order valence-corrected chi connectivity index (χ3v) is 3.30. The molecular formula is C15H14BrFN2O. The van der Waals surface area contributed by atoms with E-state index >= 15 is 0 Å². The molecule has 2 rings (SSSR count). The third kappa shape index (κ3) is 3.17. The molecule has 0 atom stereocenters. The van der Waals surface area contributed by atoms with Gasteiger partial charge in [0.25, 0.3) is 5.91 Å². The Morgan fingerprint density at radius 1 is 1.20 bits per heavy atom. The normalized spacial score (nSPS) is 10.2. The molecule has 1 amide bonds. The Morgan fingerprint density at radius 2 is 1.90 bits per heavy atom. The number of nitrogens with zero attached hydrogens (tertiary/aromatic N) is 1. The topological polar surface area (TPSA) is 32.3 Å². The van der Waals surface area contributed by atoms with Gasteiger partial charge >= 0.3 is 0 Å². The molecule has 0 radical (unpaired) electrons. The largest absolute Gasteiger partial charge is 0.376 e. The highest BCUT2D eigenvalue weighted by molar-refractivity contribution is 9.10. The Morgan fingerprint density at radius 3 is 2.60 bits per heavy atom. The van der Waals surface area contributed by atoms with E-state index in [4.69, 9.17) is 0 Å². The van der Waals surface area contributed by atoms with Crippen molar-refractivity contribution in [3.05, 3.63) is 58.3 Å². The molecule has 0 aromatic heterocycles. The van der Waals surface area contributed by atoms with Gasteiger partial charge in [-0.2, -0.15) is 0 Å². The number of amides is 1. The maximum Gasteiger partial charge on any atom is 0.258 e. The lowest BCUT2D eigenvalue weighted by molar-refractivity contribution is 0.102. The average Bonchev–Trinajstić information content (AvgIpc) is 2.41. The minimum absolute atomic E-state index is 0.00735. The zero-order chi connectivity index (χ0) is 14.7. The van der Waals surface area contributed by atoms with Gasteiger partial charge in [0.15, 0.2) is 0 Å². The molecule has 0 heterocycles. The molecule has 0 aliphatic rings. The minimum Gasteiger partial charge on any atom is -0.376 e. The van der Waals surface area contributed by atoms with Crippen LogP contribution in [0, 0.1) is 5.82 Å². The summed E-state index contributed by atoms with van der Waals surface area (Å²) in [6.07, 6.45) is 0. The molecular weight excluding hydrogens is 323 g/mol. The molecule has 2 aromatic carbocycles. The maximum atomic E-state index is 13.7.